The Balaban J connectivity index is -0.000000212. The average Bonchev–Trinajstić information content (AvgIpc) is 3.20. The van der Waals surface area contributed by atoms with E-state index in [2.05, 4.69) is 88.4 Å². The van der Waals surface area contributed by atoms with Crippen LogP contribution in [0.2, 0.25) is 0 Å². The first-order valence-electron chi connectivity index (χ1n) is 24.7. The molecule has 0 bridgehead atoms. The van der Waals surface area contributed by atoms with Crippen molar-refractivity contribution >= 4 is 61.0 Å². The predicted octanol–water partition coefficient (Wildman–Crippen LogP) is 18.4. The van der Waals surface area contributed by atoms with Gasteiger partial charge in [0.05, 0.1) is 5.92 Å². The van der Waals surface area contributed by atoms with E-state index in [0.29, 0.717) is 29.6 Å². The minimum Gasteiger partial charge on any atom is -0.481 e. The van der Waals surface area contributed by atoms with E-state index in [1.54, 1.807) is 32.4 Å². The summed E-state index contributed by atoms with van der Waals surface area (Å²) < 4.78 is 0. The summed E-state index contributed by atoms with van der Waals surface area (Å²) in [6.45, 7) is 31.7. The van der Waals surface area contributed by atoms with Gasteiger partial charge in [-0.3, -0.25) is 9.59 Å². The van der Waals surface area contributed by atoms with Crippen molar-refractivity contribution < 1.29 is 24.6 Å². The van der Waals surface area contributed by atoms with Crippen LogP contribution in [0.15, 0.2) is 0 Å². The van der Waals surface area contributed by atoms with Crippen molar-refractivity contribution in [3.05, 3.63) is 0 Å². The lowest BCUT2D eigenvalue weighted by Gasteiger charge is -2.16. The molecule has 0 aromatic carbocycles. The SMILES string of the molecule is CC.CCC.CCC.CCC.CCC.CCCCCCC.CCCCCCCCCCCCCCCC(=O)NC(CSSC(C)CCSSCC(CC)C(=O)O)C(=O)O. The van der Waals surface area contributed by atoms with E-state index in [0.717, 1.165) is 31.4 Å². The molecular weight excluding hydrogens is 811 g/mol. The number of carbonyl (C=O) groups is 3. The number of unbranched alkanes of at least 4 members (excludes halogenated alkanes) is 16. The summed E-state index contributed by atoms with van der Waals surface area (Å²) in [5.41, 5.74) is 0. The number of aliphatic carboxylic acids is 2. The Kier molecular flexibility index (Phi) is 89.7. The summed E-state index contributed by atoms with van der Waals surface area (Å²) in [4.78, 5) is 34.9. The van der Waals surface area contributed by atoms with E-state index in [4.69, 9.17) is 5.11 Å². The lowest BCUT2D eigenvalue weighted by atomic mass is 10.0. The molecule has 3 atom stereocenters. The molecule has 0 aliphatic rings. The summed E-state index contributed by atoms with van der Waals surface area (Å²) in [5, 5.41) is 21.6. The molecule has 0 rings (SSSR count). The Bertz CT molecular complexity index is 737. The highest BCUT2D eigenvalue weighted by molar-refractivity contribution is 8.77. The monoisotopic (exact) mass is 918 g/mol. The van der Waals surface area contributed by atoms with E-state index >= 15 is 0 Å². The van der Waals surface area contributed by atoms with Gasteiger partial charge in [0.2, 0.25) is 5.91 Å². The molecular formula is C49H107NO5S4. The van der Waals surface area contributed by atoms with E-state index in [-0.39, 0.29) is 11.8 Å². The van der Waals surface area contributed by atoms with Crippen molar-refractivity contribution in [2.24, 2.45) is 5.92 Å². The maximum Gasteiger partial charge on any atom is 0.327 e. The first-order chi connectivity index (χ1) is 28.4. The van der Waals surface area contributed by atoms with Crippen LogP contribution in [0.3, 0.4) is 0 Å². The van der Waals surface area contributed by atoms with Gasteiger partial charge in [0.25, 0.3) is 0 Å². The molecule has 0 aliphatic heterocycles. The van der Waals surface area contributed by atoms with Gasteiger partial charge in [0.15, 0.2) is 0 Å². The highest BCUT2D eigenvalue weighted by atomic mass is 33.1. The predicted molar refractivity (Wildman–Crippen MR) is 280 cm³/mol. The molecule has 0 aromatic heterocycles. The molecule has 0 heterocycles. The molecule has 3 N–H and O–H groups in total. The zero-order chi connectivity index (χ0) is 46.8. The quantitative estimate of drug-likeness (QED) is 0.0449. The van der Waals surface area contributed by atoms with Crippen molar-refractivity contribution in [3.63, 3.8) is 0 Å². The molecule has 0 aliphatic carbocycles. The van der Waals surface area contributed by atoms with Gasteiger partial charge >= 0.3 is 11.9 Å². The Morgan fingerprint density at radius 1 is 0.492 bits per heavy atom. The molecule has 0 saturated carbocycles. The number of carboxylic acid groups (broad SMARTS) is 2. The number of amides is 1. The lowest BCUT2D eigenvalue weighted by molar-refractivity contribution is -0.141. The van der Waals surface area contributed by atoms with Crippen LogP contribution in [0.4, 0.5) is 0 Å². The zero-order valence-electron chi connectivity index (χ0n) is 42.3. The van der Waals surface area contributed by atoms with Crippen LogP contribution in [0.5, 0.6) is 0 Å². The molecule has 0 aromatic rings. The third kappa shape index (κ3) is 82.2. The van der Waals surface area contributed by atoms with Gasteiger partial charge in [0.1, 0.15) is 6.04 Å². The molecule has 3 unspecified atom stereocenters. The molecule has 1 amide bonds. The topological polar surface area (TPSA) is 104 Å². The Hall–Kier alpha value is -0.190. The summed E-state index contributed by atoms with van der Waals surface area (Å²) in [7, 11) is 6.44. The van der Waals surface area contributed by atoms with E-state index in [9.17, 15) is 19.5 Å². The van der Waals surface area contributed by atoms with Crippen LogP contribution in [0, 0.1) is 5.92 Å². The molecule has 59 heavy (non-hydrogen) atoms. The second kappa shape index (κ2) is 72.3. The Morgan fingerprint density at radius 2 is 0.847 bits per heavy atom. The fourth-order valence-corrected chi connectivity index (χ4v) is 9.76. The standard InChI is InChI=1S/C28H53NO5S4.C7H16.4C3H8.C2H6/c1-4-6-7-8-9-10-11-12-13-14-15-16-17-18-26(30)29-25(28(33)34)22-37-38-23(3)19-20-35-36-21-24(5-2)27(31)32;1-3-5-7-6-4-2;4*1-3-2;1-2/h23-25H,4-22H2,1-3H3,(H,29,30)(H,31,32)(H,33,34);3-7H2,1-2H3;4*3H2,1-2H3;1-2H3. The number of nitrogens with one attached hydrogen (secondary N) is 1. The normalized spacial score (nSPS) is 11.2. The fraction of sp³-hybridized carbons (Fsp3) is 0.939. The van der Waals surface area contributed by atoms with Gasteiger partial charge in [-0.25, -0.2) is 4.79 Å². The highest BCUT2D eigenvalue weighted by Gasteiger charge is 2.20. The van der Waals surface area contributed by atoms with E-state index in [1.165, 1.54) is 133 Å². The minimum atomic E-state index is -0.986. The van der Waals surface area contributed by atoms with Crippen LogP contribution in [-0.2, 0) is 14.4 Å². The summed E-state index contributed by atoms with van der Waals surface area (Å²) in [6.07, 6.45) is 30.3. The van der Waals surface area contributed by atoms with Gasteiger partial charge in [0, 0.05) is 28.9 Å². The van der Waals surface area contributed by atoms with Gasteiger partial charge in [-0.05, 0) is 19.3 Å². The Labute approximate surface area is 387 Å². The molecule has 10 heteroatoms. The smallest absolute Gasteiger partial charge is 0.327 e. The average molecular weight is 919 g/mol. The summed E-state index contributed by atoms with van der Waals surface area (Å²) in [5.74, 6) is -0.292. The van der Waals surface area contributed by atoms with Crippen molar-refractivity contribution in [1.82, 2.24) is 5.32 Å². The lowest BCUT2D eigenvalue weighted by Crippen LogP contribution is -2.42. The fourth-order valence-electron chi connectivity index (χ4n) is 4.46. The molecule has 0 spiro atoms. The minimum absolute atomic E-state index is 0.167. The first kappa shape index (κ1) is 73.2. The Morgan fingerprint density at radius 3 is 1.19 bits per heavy atom. The van der Waals surface area contributed by atoms with Gasteiger partial charge in [-0.2, -0.15) is 0 Å². The first-order valence-corrected chi connectivity index (χ1v) is 29.5. The molecule has 0 radical (unpaired) electrons. The number of hydrogen-bond donors (Lipinski definition) is 3. The molecule has 0 fully saturated rings. The summed E-state index contributed by atoms with van der Waals surface area (Å²) >= 11 is 0. The van der Waals surface area contributed by atoms with Crippen molar-refractivity contribution in [2.75, 3.05) is 17.3 Å². The van der Waals surface area contributed by atoms with Crippen LogP contribution in [0.25, 0.3) is 0 Å². The van der Waals surface area contributed by atoms with Gasteiger partial charge in [-0.15, -0.1) is 0 Å². The molecule has 6 nitrogen and oxygen atoms in total. The molecule has 0 saturated heterocycles. The van der Waals surface area contributed by atoms with Gasteiger partial charge < -0.3 is 15.5 Å². The van der Waals surface area contributed by atoms with Crippen molar-refractivity contribution in [1.29, 1.82) is 0 Å². The third-order valence-electron chi connectivity index (χ3n) is 7.62. The number of hydrogen-bond acceptors (Lipinski definition) is 7. The number of carboxylic acids is 2. The second-order valence-corrected chi connectivity index (χ2v) is 20.3. The van der Waals surface area contributed by atoms with E-state index < -0.39 is 18.0 Å². The maximum absolute atomic E-state index is 12.2. The van der Waals surface area contributed by atoms with Crippen molar-refractivity contribution in [3.8, 4) is 0 Å². The largest absolute Gasteiger partial charge is 0.481 e. The van der Waals surface area contributed by atoms with Crippen LogP contribution < -0.4 is 5.32 Å². The molecule has 362 valence electrons. The van der Waals surface area contributed by atoms with Crippen LogP contribution >= 0.6 is 43.2 Å². The third-order valence-corrected chi connectivity index (χ3v) is 13.1. The second-order valence-electron chi connectivity index (χ2n) is 14.9. The highest BCUT2D eigenvalue weighted by Crippen LogP contribution is 2.32. The van der Waals surface area contributed by atoms with Crippen LogP contribution in [-0.4, -0.2) is 56.6 Å². The van der Waals surface area contributed by atoms with E-state index in [1.807, 2.05) is 20.8 Å². The van der Waals surface area contributed by atoms with Crippen molar-refractivity contribution in [2.45, 2.75) is 276 Å². The number of carbonyl (C=O) groups excluding carboxylic acids is 1. The summed E-state index contributed by atoms with van der Waals surface area (Å²) in [6, 6.07) is -0.860. The maximum atomic E-state index is 12.2. The zero-order valence-corrected chi connectivity index (χ0v) is 45.5. The van der Waals surface area contributed by atoms with Gasteiger partial charge in [-0.1, -0.05) is 282 Å². The number of rotatable bonds is 32. The van der Waals surface area contributed by atoms with Crippen LogP contribution in [0.1, 0.15) is 264 Å².